The molecule has 0 saturated carbocycles. The van der Waals surface area contributed by atoms with Crippen LogP contribution in [0.25, 0.3) is 22.0 Å². The molecule has 3 heterocycles. The molecule has 2 aromatic carbocycles. The number of fused-ring (bicyclic) bond motifs is 1. The van der Waals surface area contributed by atoms with Crippen LogP contribution in [0.3, 0.4) is 0 Å². The molecule has 50 heavy (non-hydrogen) atoms. The molecule has 0 bridgehead atoms. The van der Waals surface area contributed by atoms with E-state index in [1.165, 1.54) is 6.42 Å². The summed E-state index contributed by atoms with van der Waals surface area (Å²) < 4.78 is 88.0. The van der Waals surface area contributed by atoms with Gasteiger partial charge in [0.05, 0.1) is 12.6 Å². The Labute approximate surface area is 286 Å². The summed E-state index contributed by atoms with van der Waals surface area (Å²) >= 11 is 0. The molecule has 0 spiro atoms. The molecule has 2 saturated heterocycles. The fourth-order valence-corrected chi connectivity index (χ4v) is 6.95. The van der Waals surface area contributed by atoms with Crippen LogP contribution in [0.5, 0.6) is 5.75 Å². The summed E-state index contributed by atoms with van der Waals surface area (Å²) in [5.41, 5.74) is -0.257. The van der Waals surface area contributed by atoms with E-state index >= 15 is 0 Å². The molecular weight excluding hydrogens is 666 g/mol. The van der Waals surface area contributed by atoms with Crippen LogP contribution in [0.4, 0.5) is 26.3 Å². The van der Waals surface area contributed by atoms with Crippen molar-refractivity contribution >= 4 is 22.6 Å². The first-order chi connectivity index (χ1) is 23.6. The van der Waals surface area contributed by atoms with Gasteiger partial charge < -0.3 is 15.2 Å². The van der Waals surface area contributed by atoms with Crippen molar-refractivity contribution in [2.45, 2.75) is 83.4 Å². The van der Waals surface area contributed by atoms with Gasteiger partial charge in [0.1, 0.15) is 22.9 Å². The maximum atomic E-state index is 14.4. The summed E-state index contributed by atoms with van der Waals surface area (Å²) in [4.78, 5) is 33.7. The Kier molecular flexibility index (Phi) is 11.3. The smallest absolute Gasteiger partial charge is 0.403 e. The number of carbonyl (C=O) groups excluding carboxylic acids is 1. The maximum Gasteiger partial charge on any atom is 0.403 e. The third kappa shape index (κ3) is 8.68. The first-order valence-corrected chi connectivity index (χ1v) is 16.8. The van der Waals surface area contributed by atoms with Gasteiger partial charge in [0.2, 0.25) is 5.91 Å². The number of benzene rings is 2. The van der Waals surface area contributed by atoms with Gasteiger partial charge >= 0.3 is 18.3 Å². The zero-order chi connectivity index (χ0) is 36.3. The standard InChI is InChI=1S/C36H42F6N4O4/c1-23(2)50-30-18-24(21-45-14-4-3-5-15-45)20-43-31(30)28-11-7-9-26-25(8-6-10-27(26)28)19-29(32(47)48)44-33(49)34(36(40,41)42)12-16-46(17-13-34)22-35(37,38)39/h6-11,18,20,23,29H,3-5,12-17,19,21-22H2,1-2H3,(H,44,49)(H,47,48)/t29-/m0/s1. The number of nitrogens with zero attached hydrogens (tertiary/aromatic N) is 3. The van der Waals surface area contributed by atoms with Crippen LogP contribution in [0, 0.1) is 5.41 Å². The number of likely N-dealkylation sites (tertiary alicyclic amines) is 2. The van der Waals surface area contributed by atoms with Crippen LogP contribution >= 0.6 is 0 Å². The van der Waals surface area contributed by atoms with Crippen LogP contribution < -0.4 is 10.1 Å². The molecule has 5 rings (SSSR count). The fourth-order valence-electron chi connectivity index (χ4n) is 6.95. The molecule has 0 radical (unpaired) electrons. The van der Waals surface area contributed by atoms with Crippen LogP contribution in [-0.4, -0.2) is 89.0 Å². The highest BCUT2D eigenvalue weighted by Gasteiger charge is 2.61. The van der Waals surface area contributed by atoms with Crippen LogP contribution in [0.1, 0.15) is 57.1 Å². The van der Waals surface area contributed by atoms with E-state index in [2.05, 4.69) is 10.2 Å². The van der Waals surface area contributed by atoms with Gasteiger partial charge in [0, 0.05) is 24.7 Å². The number of amides is 1. The molecule has 14 heteroatoms. The Morgan fingerprint density at radius 2 is 1.60 bits per heavy atom. The van der Waals surface area contributed by atoms with E-state index in [1.807, 2.05) is 38.2 Å². The fraction of sp³-hybridized carbons (Fsp3) is 0.528. The third-order valence-corrected chi connectivity index (χ3v) is 9.51. The van der Waals surface area contributed by atoms with Crippen LogP contribution in [-0.2, 0) is 22.6 Å². The number of pyridine rings is 1. The van der Waals surface area contributed by atoms with E-state index < -0.39 is 68.2 Å². The summed E-state index contributed by atoms with van der Waals surface area (Å²) in [7, 11) is 0. The van der Waals surface area contributed by atoms with E-state index in [-0.39, 0.29) is 12.5 Å². The van der Waals surface area contributed by atoms with Crippen molar-refractivity contribution in [1.82, 2.24) is 20.1 Å². The lowest BCUT2D eigenvalue weighted by Crippen LogP contribution is -2.59. The van der Waals surface area contributed by atoms with Crippen molar-refractivity contribution in [3.63, 3.8) is 0 Å². The lowest BCUT2D eigenvalue weighted by atomic mass is 9.76. The number of hydrogen-bond acceptors (Lipinski definition) is 6. The number of ether oxygens (including phenoxy) is 1. The van der Waals surface area contributed by atoms with E-state index in [4.69, 9.17) is 9.72 Å². The average molecular weight is 709 g/mol. The summed E-state index contributed by atoms with van der Waals surface area (Å²) in [6.45, 7) is 3.97. The van der Waals surface area contributed by atoms with Gasteiger partial charge in [-0.2, -0.15) is 26.3 Å². The van der Waals surface area contributed by atoms with Gasteiger partial charge in [-0.25, -0.2) is 4.79 Å². The highest BCUT2D eigenvalue weighted by molar-refractivity contribution is 5.99. The molecule has 1 atom stereocenters. The number of nitrogens with one attached hydrogen (secondary N) is 1. The highest BCUT2D eigenvalue weighted by Crippen LogP contribution is 2.47. The lowest BCUT2D eigenvalue weighted by molar-refractivity contribution is -0.236. The second kappa shape index (κ2) is 15.1. The number of piperidine rings is 2. The van der Waals surface area contributed by atoms with E-state index in [9.17, 15) is 41.0 Å². The van der Waals surface area contributed by atoms with Crippen LogP contribution in [0.2, 0.25) is 0 Å². The number of rotatable bonds is 11. The number of carboxylic acids is 1. The average Bonchev–Trinajstić information content (AvgIpc) is 3.04. The maximum absolute atomic E-state index is 14.4. The van der Waals surface area contributed by atoms with Crippen molar-refractivity contribution in [1.29, 1.82) is 0 Å². The molecule has 2 aliphatic rings. The number of aliphatic carboxylic acids is 1. The quantitative estimate of drug-likeness (QED) is 0.208. The topological polar surface area (TPSA) is 95.0 Å². The number of alkyl halides is 6. The zero-order valence-electron chi connectivity index (χ0n) is 28.0. The summed E-state index contributed by atoms with van der Waals surface area (Å²) in [6, 6.07) is 10.8. The first-order valence-electron chi connectivity index (χ1n) is 16.8. The first kappa shape index (κ1) is 37.3. The van der Waals surface area contributed by atoms with Crippen molar-refractivity contribution in [2.24, 2.45) is 5.41 Å². The monoisotopic (exact) mass is 708 g/mol. The van der Waals surface area contributed by atoms with Crippen molar-refractivity contribution in [3.05, 3.63) is 59.8 Å². The Morgan fingerprint density at radius 3 is 2.22 bits per heavy atom. The molecule has 1 amide bonds. The second-order valence-electron chi connectivity index (χ2n) is 13.6. The number of halogens is 6. The Bertz CT molecular complexity index is 1660. The Morgan fingerprint density at radius 1 is 0.940 bits per heavy atom. The van der Waals surface area contributed by atoms with Gasteiger partial charge in [-0.05, 0) is 93.7 Å². The van der Waals surface area contributed by atoms with Crippen molar-refractivity contribution in [3.8, 4) is 17.0 Å². The predicted octanol–water partition coefficient (Wildman–Crippen LogP) is 6.99. The highest BCUT2D eigenvalue weighted by atomic mass is 19.4. The normalized spacial score (nSPS) is 18.3. The Hall–Kier alpha value is -3.91. The minimum atomic E-state index is -5.11. The van der Waals surface area contributed by atoms with Crippen molar-refractivity contribution in [2.75, 3.05) is 32.7 Å². The molecule has 2 N–H and O–H groups in total. The largest absolute Gasteiger partial charge is 0.489 e. The van der Waals surface area contributed by atoms with Gasteiger partial charge in [-0.1, -0.05) is 42.8 Å². The zero-order valence-corrected chi connectivity index (χ0v) is 28.0. The molecule has 0 unspecified atom stereocenters. The summed E-state index contributed by atoms with van der Waals surface area (Å²) in [6.07, 6.45) is -6.71. The third-order valence-electron chi connectivity index (χ3n) is 9.51. The van der Waals surface area contributed by atoms with Crippen molar-refractivity contribution < 1.29 is 45.8 Å². The van der Waals surface area contributed by atoms with Gasteiger partial charge in [-0.3, -0.25) is 19.6 Å². The van der Waals surface area contributed by atoms with E-state index in [1.54, 1.807) is 24.3 Å². The minimum Gasteiger partial charge on any atom is -0.489 e. The van der Waals surface area contributed by atoms with E-state index in [0.717, 1.165) is 42.9 Å². The van der Waals surface area contributed by atoms with Crippen LogP contribution in [0.15, 0.2) is 48.7 Å². The molecule has 1 aromatic heterocycles. The second-order valence-corrected chi connectivity index (χ2v) is 13.6. The van der Waals surface area contributed by atoms with E-state index in [0.29, 0.717) is 33.3 Å². The van der Waals surface area contributed by atoms with Gasteiger partial charge in [0.15, 0.2) is 0 Å². The number of carboxylic acid groups (broad SMARTS) is 1. The molecule has 8 nitrogen and oxygen atoms in total. The lowest BCUT2D eigenvalue weighted by Gasteiger charge is -2.42. The molecule has 272 valence electrons. The molecular formula is C36H42F6N4O4. The molecule has 0 aliphatic carbocycles. The molecule has 2 fully saturated rings. The summed E-state index contributed by atoms with van der Waals surface area (Å²) in [5, 5.41) is 13.5. The van der Waals surface area contributed by atoms with Gasteiger partial charge in [0.25, 0.3) is 0 Å². The number of aromatic nitrogens is 1. The molecule has 3 aromatic rings. The minimum absolute atomic E-state index is 0.150. The SMILES string of the molecule is CC(C)Oc1cc(CN2CCCCC2)cnc1-c1cccc2c(C[C@H](NC(=O)C3(C(F)(F)F)CCN(CC(F)(F)F)CC3)C(=O)O)cccc12. The number of carbonyl (C=O) groups is 2. The molecule has 2 aliphatic heterocycles. The summed E-state index contributed by atoms with van der Waals surface area (Å²) in [5.74, 6) is -2.52. The number of hydrogen-bond donors (Lipinski definition) is 2. The predicted molar refractivity (Wildman–Crippen MR) is 176 cm³/mol. The Balaban J connectivity index is 1.41. The van der Waals surface area contributed by atoms with Gasteiger partial charge in [-0.15, -0.1) is 0 Å².